The number of hydrogen-bond acceptors (Lipinski definition) is 3. The maximum Gasteiger partial charge on any atom is 0.436 e. The second-order valence-electron chi connectivity index (χ2n) is 5.84. The van der Waals surface area contributed by atoms with E-state index in [0.717, 1.165) is 9.15 Å². The van der Waals surface area contributed by atoms with Gasteiger partial charge < -0.3 is 4.90 Å². The average Bonchev–Trinajstić information content (AvgIpc) is 3.06. The SMILES string of the molecule is CCn1cc(Br)c(CN(C)C(=O)C(C)n2nc(C(F)(F)F)c(Br)c2C)n1. The smallest absolute Gasteiger partial charge is 0.338 e. The number of alkyl halides is 3. The Morgan fingerprint density at radius 3 is 2.42 bits per heavy atom. The highest BCUT2D eigenvalue weighted by molar-refractivity contribution is 9.10. The molecule has 0 aliphatic rings. The number of likely N-dealkylation sites (N-methyl/N-ethyl adjacent to an activating group) is 1. The molecule has 0 spiro atoms. The summed E-state index contributed by atoms with van der Waals surface area (Å²) in [5.74, 6) is -0.366. The Hall–Kier alpha value is -1.36. The largest absolute Gasteiger partial charge is 0.436 e. The van der Waals surface area contributed by atoms with Gasteiger partial charge in [0.25, 0.3) is 0 Å². The molecule has 11 heteroatoms. The number of halogens is 5. The van der Waals surface area contributed by atoms with E-state index in [9.17, 15) is 18.0 Å². The van der Waals surface area contributed by atoms with Gasteiger partial charge in [0.05, 0.1) is 26.9 Å². The summed E-state index contributed by atoms with van der Waals surface area (Å²) in [6.45, 7) is 5.86. The van der Waals surface area contributed by atoms with Crippen LogP contribution < -0.4 is 0 Å². The van der Waals surface area contributed by atoms with Crippen molar-refractivity contribution in [3.63, 3.8) is 0 Å². The zero-order valence-electron chi connectivity index (χ0n) is 14.6. The Balaban J connectivity index is 2.22. The van der Waals surface area contributed by atoms with Gasteiger partial charge in [0.1, 0.15) is 6.04 Å². The molecule has 0 aliphatic carbocycles. The van der Waals surface area contributed by atoms with E-state index in [4.69, 9.17) is 0 Å². The second-order valence-corrected chi connectivity index (χ2v) is 7.49. The fourth-order valence-corrected chi connectivity index (χ4v) is 3.42. The van der Waals surface area contributed by atoms with E-state index < -0.39 is 17.9 Å². The Morgan fingerprint density at radius 1 is 1.35 bits per heavy atom. The van der Waals surface area contributed by atoms with Gasteiger partial charge in [0.2, 0.25) is 5.91 Å². The van der Waals surface area contributed by atoms with Crippen molar-refractivity contribution in [3.8, 4) is 0 Å². The molecule has 1 amide bonds. The van der Waals surface area contributed by atoms with E-state index in [0.29, 0.717) is 12.2 Å². The fourth-order valence-electron chi connectivity index (χ4n) is 2.49. The predicted molar refractivity (Wildman–Crippen MR) is 96.5 cm³/mol. The summed E-state index contributed by atoms with van der Waals surface area (Å²) in [6, 6.07) is -0.889. The van der Waals surface area contributed by atoms with Crippen LogP contribution in [0.25, 0.3) is 0 Å². The van der Waals surface area contributed by atoms with Crippen molar-refractivity contribution in [2.45, 2.75) is 46.1 Å². The molecule has 0 N–H and O–H groups in total. The minimum absolute atomic E-state index is 0.156. The van der Waals surface area contributed by atoms with E-state index in [1.807, 2.05) is 6.92 Å². The lowest BCUT2D eigenvalue weighted by Gasteiger charge is -2.22. The van der Waals surface area contributed by atoms with Gasteiger partial charge in [0.15, 0.2) is 5.69 Å². The Labute approximate surface area is 165 Å². The molecule has 144 valence electrons. The van der Waals surface area contributed by atoms with Crippen molar-refractivity contribution in [1.29, 1.82) is 0 Å². The van der Waals surface area contributed by atoms with Gasteiger partial charge in [-0.2, -0.15) is 23.4 Å². The highest BCUT2D eigenvalue weighted by atomic mass is 79.9. The summed E-state index contributed by atoms with van der Waals surface area (Å²) in [7, 11) is 1.58. The number of aromatic nitrogens is 4. The molecule has 2 rings (SSSR count). The third-order valence-electron chi connectivity index (χ3n) is 3.94. The normalized spacial score (nSPS) is 13.1. The molecule has 26 heavy (non-hydrogen) atoms. The Bertz CT molecular complexity index is 815. The van der Waals surface area contributed by atoms with Crippen LogP contribution in [0.1, 0.15) is 37.0 Å². The Kier molecular flexibility index (Phi) is 6.21. The van der Waals surface area contributed by atoms with E-state index in [2.05, 4.69) is 42.1 Å². The van der Waals surface area contributed by atoms with Gasteiger partial charge in [-0.1, -0.05) is 0 Å². The zero-order chi connectivity index (χ0) is 19.8. The summed E-state index contributed by atoms with van der Waals surface area (Å²) >= 11 is 6.31. The highest BCUT2D eigenvalue weighted by Gasteiger charge is 2.39. The molecule has 2 heterocycles. The van der Waals surface area contributed by atoms with Crippen LogP contribution in [0, 0.1) is 6.92 Å². The number of amides is 1. The first-order valence-electron chi connectivity index (χ1n) is 7.75. The maximum atomic E-state index is 13.0. The van der Waals surface area contributed by atoms with Crippen molar-refractivity contribution in [2.24, 2.45) is 0 Å². The Morgan fingerprint density at radius 2 is 1.96 bits per heavy atom. The van der Waals surface area contributed by atoms with Crippen LogP contribution >= 0.6 is 31.9 Å². The van der Waals surface area contributed by atoms with Crippen LogP contribution in [0.2, 0.25) is 0 Å². The van der Waals surface area contributed by atoms with Gasteiger partial charge in [-0.25, -0.2) is 0 Å². The third kappa shape index (κ3) is 4.13. The summed E-state index contributed by atoms with van der Waals surface area (Å²) in [5, 5.41) is 7.94. The molecule has 1 atom stereocenters. The first-order chi connectivity index (χ1) is 12.0. The molecule has 0 aliphatic heterocycles. The second kappa shape index (κ2) is 7.71. The zero-order valence-corrected chi connectivity index (χ0v) is 17.8. The molecule has 2 aromatic heterocycles. The number of nitrogens with zero attached hydrogens (tertiary/aromatic N) is 5. The number of rotatable bonds is 5. The first-order valence-corrected chi connectivity index (χ1v) is 9.34. The lowest BCUT2D eigenvalue weighted by atomic mass is 10.2. The topological polar surface area (TPSA) is 56.0 Å². The minimum Gasteiger partial charge on any atom is -0.338 e. The van der Waals surface area contributed by atoms with Gasteiger partial charge in [-0.05, 0) is 52.6 Å². The molecule has 0 saturated heterocycles. The van der Waals surface area contributed by atoms with Crippen molar-refractivity contribution in [1.82, 2.24) is 24.5 Å². The molecule has 0 aromatic carbocycles. The number of carbonyl (C=O) groups is 1. The lowest BCUT2D eigenvalue weighted by molar-refractivity contribution is -0.143. The third-order valence-corrected chi connectivity index (χ3v) is 5.56. The van der Waals surface area contributed by atoms with Crippen LogP contribution in [0.5, 0.6) is 0 Å². The summed E-state index contributed by atoms with van der Waals surface area (Å²) in [6.07, 6.45) is -2.79. The average molecular weight is 501 g/mol. The minimum atomic E-state index is -4.60. The van der Waals surface area contributed by atoms with Crippen molar-refractivity contribution < 1.29 is 18.0 Å². The number of hydrogen-bond donors (Lipinski definition) is 0. The van der Waals surface area contributed by atoms with Crippen LogP contribution in [0.15, 0.2) is 15.1 Å². The number of carbonyl (C=O) groups excluding carboxylic acids is 1. The molecule has 1 unspecified atom stereocenters. The van der Waals surface area contributed by atoms with Crippen LogP contribution in [-0.4, -0.2) is 37.4 Å². The molecule has 0 radical (unpaired) electrons. The van der Waals surface area contributed by atoms with Gasteiger partial charge in [-0.3, -0.25) is 14.2 Å². The van der Waals surface area contributed by atoms with Crippen molar-refractivity contribution in [3.05, 3.63) is 32.2 Å². The maximum absolute atomic E-state index is 13.0. The van der Waals surface area contributed by atoms with E-state index in [-0.39, 0.29) is 22.6 Å². The summed E-state index contributed by atoms with van der Waals surface area (Å²) < 4.78 is 42.5. The summed E-state index contributed by atoms with van der Waals surface area (Å²) in [4.78, 5) is 14.1. The fraction of sp³-hybridized carbons (Fsp3) is 0.533. The monoisotopic (exact) mass is 499 g/mol. The van der Waals surface area contributed by atoms with E-state index in [1.165, 1.54) is 18.7 Å². The summed E-state index contributed by atoms with van der Waals surface area (Å²) in [5.41, 5.74) is -0.131. The molecule has 0 bridgehead atoms. The molecular formula is C15H18Br2F3N5O. The lowest BCUT2D eigenvalue weighted by Crippen LogP contribution is -2.34. The molecular weight excluding hydrogens is 483 g/mol. The molecule has 0 fully saturated rings. The quantitative estimate of drug-likeness (QED) is 0.619. The van der Waals surface area contributed by atoms with Gasteiger partial charge in [0, 0.05) is 19.8 Å². The van der Waals surface area contributed by atoms with Crippen molar-refractivity contribution in [2.75, 3.05) is 7.05 Å². The van der Waals surface area contributed by atoms with Gasteiger partial charge in [-0.15, -0.1) is 0 Å². The van der Waals surface area contributed by atoms with Crippen LogP contribution in [0.4, 0.5) is 13.2 Å². The van der Waals surface area contributed by atoms with Crippen LogP contribution in [0.3, 0.4) is 0 Å². The highest BCUT2D eigenvalue weighted by Crippen LogP contribution is 2.36. The van der Waals surface area contributed by atoms with E-state index >= 15 is 0 Å². The molecule has 6 nitrogen and oxygen atoms in total. The van der Waals surface area contributed by atoms with Gasteiger partial charge >= 0.3 is 6.18 Å². The van der Waals surface area contributed by atoms with Crippen LogP contribution in [-0.2, 0) is 24.1 Å². The molecule has 2 aromatic rings. The van der Waals surface area contributed by atoms with Crippen molar-refractivity contribution >= 4 is 37.8 Å². The number of aryl methyl sites for hydroxylation is 1. The molecule has 0 saturated carbocycles. The predicted octanol–water partition coefficient (Wildman–Crippen LogP) is 4.17. The van der Waals surface area contributed by atoms with E-state index in [1.54, 1.807) is 17.9 Å². The first kappa shape index (κ1) is 20.9. The standard InChI is InChI=1S/C15H18Br2F3N5O/c1-5-24-6-10(16)11(21-24)7-23(4)14(26)9(3)25-8(2)12(17)13(22-25)15(18,19)20/h6,9H,5,7H2,1-4H3.